The number of nitrogens with zero attached hydrogens (tertiary/aromatic N) is 1. The van der Waals surface area contributed by atoms with E-state index in [-0.39, 0.29) is 5.78 Å². The van der Waals surface area contributed by atoms with Crippen molar-refractivity contribution in [2.24, 2.45) is 0 Å². The second-order valence-corrected chi connectivity index (χ2v) is 5.01. The highest BCUT2D eigenvalue weighted by Gasteiger charge is 2.40. The maximum absolute atomic E-state index is 13.0. The molecule has 0 saturated carbocycles. The molecule has 108 valence electrons. The van der Waals surface area contributed by atoms with Gasteiger partial charge in [-0.05, 0) is 11.6 Å². The minimum Gasteiger partial charge on any atom is -0.373 e. The molecule has 0 bridgehead atoms. The topological polar surface area (TPSA) is 50.2 Å². The molecule has 0 unspecified atom stereocenters. The number of rotatable bonds is 4. The van der Waals surface area contributed by atoms with E-state index in [1.54, 1.807) is 66.9 Å². The summed E-state index contributed by atoms with van der Waals surface area (Å²) in [6.07, 6.45) is 3.13. The fourth-order valence-electron chi connectivity index (χ4n) is 2.48. The van der Waals surface area contributed by atoms with Crippen LogP contribution in [0.25, 0.3) is 0 Å². The molecule has 0 saturated heterocycles. The largest absolute Gasteiger partial charge is 0.373 e. The smallest absolute Gasteiger partial charge is 0.203 e. The average Bonchev–Trinajstić information content (AvgIpc) is 2.62. The van der Waals surface area contributed by atoms with Gasteiger partial charge in [-0.15, -0.1) is 0 Å². The van der Waals surface area contributed by atoms with Crippen LogP contribution in [0.5, 0.6) is 0 Å². The third kappa shape index (κ3) is 2.43. The Bertz CT molecular complexity index is 716. The molecule has 0 amide bonds. The molecule has 0 spiro atoms. The van der Waals surface area contributed by atoms with Gasteiger partial charge in [0.2, 0.25) is 5.78 Å². The van der Waals surface area contributed by atoms with Crippen LogP contribution in [0.15, 0.2) is 85.2 Å². The van der Waals surface area contributed by atoms with Gasteiger partial charge < -0.3 is 5.11 Å². The highest BCUT2D eigenvalue weighted by Crippen LogP contribution is 2.32. The zero-order valence-corrected chi connectivity index (χ0v) is 11.9. The third-order valence-electron chi connectivity index (χ3n) is 3.64. The van der Waals surface area contributed by atoms with Gasteiger partial charge in [-0.25, -0.2) is 0 Å². The first-order valence-electron chi connectivity index (χ1n) is 7.01. The molecule has 0 aliphatic carbocycles. The molecule has 0 fully saturated rings. The first kappa shape index (κ1) is 14.2. The highest BCUT2D eigenvalue weighted by molar-refractivity contribution is 6.05. The summed E-state index contributed by atoms with van der Waals surface area (Å²) in [6, 6.07) is 21.2. The zero-order chi connectivity index (χ0) is 15.4. The number of pyridine rings is 1. The lowest BCUT2D eigenvalue weighted by Crippen LogP contribution is -2.37. The Kier molecular flexibility index (Phi) is 3.81. The van der Waals surface area contributed by atoms with Crippen molar-refractivity contribution in [3.63, 3.8) is 0 Å². The number of hydrogen-bond acceptors (Lipinski definition) is 3. The van der Waals surface area contributed by atoms with E-state index in [0.29, 0.717) is 16.7 Å². The summed E-state index contributed by atoms with van der Waals surface area (Å²) in [5.74, 6) is -0.368. The Morgan fingerprint density at radius 3 is 2.00 bits per heavy atom. The normalized spacial score (nSPS) is 13.3. The molecule has 0 aliphatic rings. The van der Waals surface area contributed by atoms with Crippen molar-refractivity contribution in [1.29, 1.82) is 0 Å². The second-order valence-electron chi connectivity index (χ2n) is 5.01. The Balaban J connectivity index is 2.18. The molecular weight excluding hydrogens is 274 g/mol. The SMILES string of the molecule is O=C(c1ccccc1)[C@@](O)(c1ccccc1)c1cccnc1. The molecule has 3 rings (SSSR count). The summed E-state index contributed by atoms with van der Waals surface area (Å²) in [7, 11) is 0. The molecule has 2 aromatic carbocycles. The number of ketones is 1. The van der Waals surface area contributed by atoms with Gasteiger partial charge in [0, 0.05) is 23.5 Å². The van der Waals surface area contributed by atoms with E-state index in [9.17, 15) is 9.90 Å². The summed E-state index contributed by atoms with van der Waals surface area (Å²) in [6.45, 7) is 0. The third-order valence-corrected chi connectivity index (χ3v) is 3.64. The molecule has 1 aromatic heterocycles. The Labute approximate surface area is 128 Å². The summed E-state index contributed by atoms with van der Waals surface area (Å²) in [4.78, 5) is 17.0. The van der Waals surface area contributed by atoms with Gasteiger partial charge in [0.05, 0.1) is 0 Å². The van der Waals surface area contributed by atoms with E-state index in [0.717, 1.165) is 0 Å². The van der Waals surface area contributed by atoms with Crippen molar-refractivity contribution in [1.82, 2.24) is 4.98 Å². The number of carbonyl (C=O) groups excluding carboxylic acids is 1. The van der Waals surface area contributed by atoms with Crippen molar-refractivity contribution in [2.75, 3.05) is 0 Å². The van der Waals surface area contributed by atoms with Crippen LogP contribution in [0.1, 0.15) is 21.5 Å². The lowest BCUT2D eigenvalue weighted by atomic mass is 9.81. The minimum atomic E-state index is -1.75. The monoisotopic (exact) mass is 289 g/mol. The lowest BCUT2D eigenvalue weighted by molar-refractivity contribution is 0.0486. The molecule has 3 aromatic rings. The van der Waals surface area contributed by atoms with Crippen LogP contribution in [0, 0.1) is 0 Å². The fourth-order valence-corrected chi connectivity index (χ4v) is 2.48. The van der Waals surface area contributed by atoms with Crippen LogP contribution >= 0.6 is 0 Å². The van der Waals surface area contributed by atoms with Crippen LogP contribution in [0.4, 0.5) is 0 Å². The van der Waals surface area contributed by atoms with Crippen molar-refractivity contribution < 1.29 is 9.90 Å². The number of aromatic nitrogens is 1. The fraction of sp³-hybridized carbons (Fsp3) is 0.0526. The van der Waals surface area contributed by atoms with Crippen LogP contribution in [-0.4, -0.2) is 15.9 Å². The minimum absolute atomic E-state index is 0.368. The van der Waals surface area contributed by atoms with Gasteiger partial charge in [0.1, 0.15) is 0 Å². The van der Waals surface area contributed by atoms with Crippen molar-refractivity contribution in [3.05, 3.63) is 102 Å². The Hall–Kier alpha value is -2.78. The van der Waals surface area contributed by atoms with E-state index in [1.807, 2.05) is 12.1 Å². The van der Waals surface area contributed by atoms with Gasteiger partial charge in [0.15, 0.2) is 5.60 Å². The predicted molar refractivity (Wildman–Crippen MR) is 84.5 cm³/mol. The highest BCUT2D eigenvalue weighted by atomic mass is 16.3. The standard InChI is InChI=1S/C19H15NO2/c21-18(15-8-3-1-4-9-15)19(22,16-10-5-2-6-11-16)17-12-7-13-20-14-17/h1-14,22H/t19-/m1/s1. The van der Waals surface area contributed by atoms with E-state index in [4.69, 9.17) is 0 Å². The molecule has 3 heteroatoms. The van der Waals surface area contributed by atoms with Crippen LogP contribution < -0.4 is 0 Å². The number of benzene rings is 2. The Morgan fingerprint density at radius 1 is 0.818 bits per heavy atom. The lowest BCUT2D eigenvalue weighted by Gasteiger charge is -2.27. The van der Waals surface area contributed by atoms with Gasteiger partial charge in [-0.3, -0.25) is 9.78 Å². The average molecular weight is 289 g/mol. The molecule has 3 nitrogen and oxygen atoms in total. The van der Waals surface area contributed by atoms with Gasteiger partial charge in [0.25, 0.3) is 0 Å². The van der Waals surface area contributed by atoms with E-state index < -0.39 is 5.60 Å². The maximum atomic E-state index is 13.0. The molecule has 0 radical (unpaired) electrons. The van der Waals surface area contributed by atoms with E-state index >= 15 is 0 Å². The number of aliphatic hydroxyl groups is 1. The number of hydrogen-bond donors (Lipinski definition) is 1. The molecule has 0 aliphatic heterocycles. The van der Waals surface area contributed by atoms with E-state index in [2.05, 4.69) is 4.98 Å². The predicted octanol–water partition coefficient (Wildman–Crippen LogP) is 3.20. The summed E-state index contributed by atoms with van der Waals surface area (Å²) >= 11 is 0. The summed E-state index contributed by atoms with van der Waals surface area (Å²) < 4.78 is 0. The first-order valence-corrected chi connectivity index (χ1v) is 7.01. The van der Waals surface area contributed by atoms with Gasteiger partial charge in [-0.2, -0.15) is 0 Å². The van der Waals surface area contributed by atoms with Crippen LogP contribution in [-0.2, 0) is 5.60 Å². The molecule has 1 heterocycles. The van der Waals surface area contributed by atoms with Crippen LogP contribution in [0.2, 0.25) is 0 Å². The number of Topliss-reactive ketones (excluding diaryl/α,β-unsaturated/α-hetero) is 1. The van der Waals surface area contributed by atoms with Gasteiger partial charge in [-0.1, -0.05) is 66.7 Å². The van der Waals surface area contributed by atoms with Crippen molar-refractivity contribution in [2.45, 2.75) is 5.60 Å². The molecular formula is C19H15NO2. The van der Waals surface area contributed by atoms with Crippen molar-refractivity contribution >= 4 is 5.78 Å². The van der Waals surface area contributed by atoms with Crippen molar-refractivity contribution in [3.8, 4) is 0 Å². The molecule has 1 N–H and O–H groups in total. The molecule has 22 heavy (non-hydrogen) atoms. The van der Waals surface area contributed by atoms with Crippen LogP contribution in [0.3, 0.4) is 0 Å². The van der Waals surface area contributed by atoms with Gasteiger partial charge >= 0.3 is 0 Å². The van der Waals surface area contributed by atoms with E-state index in [1.165, 1.54) is 6.20 Å². The summed E-state index contributed by atoms with van der Waals surface area (Å²) in [5, 5.41) is 11.3. The number of carbonyl (C=O) groups is 1. The second kappa shape index (κ2) is 5.92. The molecule has 1 atom stereocenters. The zero-order valence-electron chi connectivity index (χ0n) is 11.9. The summed E-state index contributed by atoms with van der Waals surface area (Å²) in [5.41, 5.74) is -0.318. The maximum Gasteiger partial charge on any atom is 0.203 e. The quantitative estimate of drug-likeness (QED) is 0.750. The Morgan fingerprint density at radius 2 is 1.41 bits per heavy atom. The first-order chi connectivity index (χ1) is 10.7.